The number of sulfonamides is 1. The molecule has 0 atom stereocenters. The van der Waals surface area contributed by atoms with Crippen molar-refractivity contribution >= 4 is 43.2 Å². The highest BCUT2D eigenvalue weighted by Crippen LogP contribution is 2.24. The molecule has 1 N–H and O–H groups in total. The zero-order valence-electron chi connectivity index (χ0n) is 19.5. The molecule has 188 valence electrons. The average Bonchev–Trinajstić information content (AvgIpc) is 3.20. The second-order valence-corrected chi connectivity index (χ2v) is 11.9. The predicted octanol–water partition coefficient (Wildman–Crippen LogP) is 4.08. The number of nitrogens with zero attached hydrogens (tertiary/aromatic N) is 2. The van der Waals surface area contributed by atoms with Crippen molar-refractivity contribution in [3.63, 3.8) is 0 Å². The highest BCUT2D eigenvalue weighted by atomic mass is 35.5. The van der Waals surface area contributed by atoms with Crippen molar-refractivity contribution in [3.8, 4) is 0 Å². The van der Waals surface area contributed by atoms with Gasteiger partial charge in [-0.25, -0.2) is 13.1 Å². The first-order valence-corrected chi connectivity index (χ1v) is 14.3. The minimum Gasteiger partial charge on any atom is -0.379 e. The Balaban J connectivity index is 1.27. The van der Waals surface area contributed by atoms with Gasteiger partial charge < -0.3 is 4.74 Å². The number of morpholine rings is 1. The maximum absolute atomic E-state index is 13.0. The third-order valence-electron chi connectivity index (χ3n) is 6.24. The lowest BCUT2D eigenvalue weighted by Gasteiger charge is -2.26. The number of thiazole rings is 1. The van der Waals surface area contributed by atoms with Gasteiger partial charge >= 0.3 is 4.87 Å². The summed E-state index contributed by atoms with van der Waals surface area (Å²) in [7, 11) is -3.75. The maximum atomic E-state index is 13.0. The van der Waals surface area contributed by atoms with Gasteiger partial charge in [-0.05, 0) is 41.0 Å². The van der Waals surface area contributed by atoms with E-state index >= 15 is 0 Å². The van der Waals surface area contributed by atoms with E-state index in [1.807, 2.05) is 42.5 Å². The fourth-order valence-electron chi connectivity index (χ4n) is 4.20. The third kappa shape index (κ3) is 5.72. The van der Waals surface area contributed by atoms with Crippen LogP contribution in [0.1, 0.15) is 16.7 Å². The Bertz CT molecular complexity index is 1530. The molecule has 1 aromatic heterocycles. The summed E-state index contributed by atoms with van der Waals surface area (Å²) in [6.07, 6.45) is 0. The van der Waals surface area contributed by atoms with Crippen molar-refractivity contribution in [2.24, 2.45) is 0 Å². The van der Waals surface area contributed by atoms with Gasteiger partial charge in [0.25, 0.3) is 0 Å². The Labute approximate surface area is 218 Å². The van der Waals surface area contributed by atoms with Crippen molar-refractivity contribution in [1.29, 1.82) is 0 Å². The van der Waals surface area contributed by atoms with E-state index in [2.05, 4.69) is 9.62 Å². The summed E-state index contributed by atoms with van der Waals surface area (Å²) in [5, 5.41) is 0.585. The lowest BCUT2D eigenvalue weighted by molar-refractivity contribution is 0.0342. The molecule has 4 aromatic rings. The smallest absolute Gasteiger partial charge is 0.308 e. The van der Waals surface area contributed by atoms with Crippen LogP contribution in [0.15, 0.2) is 76.4 Å². The zero-order valence-corrected chi connectivity index (χ0v) is 21.9. The van der Waals surface area contributed by atoms with Crippen LogP contribution in [0.4, 0.5) is 0 Å². The van der Waals surface area contributed by atoms with E-state index in [1.54, 1.807) is 22.8 Å². The molecule has 3 aromatic carbocycles. The van der Waals surface area contributed by atoms with Crippen LogP contribution >= 0.6 is 22.9 Å². The molecular formula is C26H26ClN3O4S2. The highest BCUT2D eigenvalue weighted by Gasteiger charge is 2.17. The monoisotopic (exact) mass is 543 g/mol. The van der Waals surface area contributed by atoms with Gasteiger partial charge in [0.2, 0.25) is 10.0 Å². The van der Waals surface area contributed by atoms with Gasteiger partial charge in [-0.1, -0.05) is 65.4 Å². The van der Waals surface area contributed by atoms with Gasteiger partial charge in [0, 0.05) is 31.2 Å². The van der Waals surface area contributed by atoms with Crippen molar-refractivity contribution in [2.75, 3.05) is 26.3 Å². The van der Waals surface area contributed by atoms with Crippen molar-refractivity contribution in [2.45, 2.75) is 24.5 Å². The molecule has 0 aliphatic carbocycles. The first kappa shape index (κ1) is 25.1. The second-order valence-electron chi connectivity index (χ2n) is 8.70. The van der Waals surface area contributed by atoms with Crippen LogP contribution in [0.2, 0.25) is 5.02 Å². The molecule has 0 spiro atoms. The summed E-state index contributed by atoms with van der Waals surface area (Å²) in [6.45, 7) is 4.72. The molecule has 1 saturated heterocycles. The van der Waals surface area contributed by atoms with Crippen LogP contribution in [-0.4, -0.2) is 44.2 Å². The minimum atomic E-state index is -3.75. The molecular weight excluding hydrogens is 518 g/mol. The molecule has 0 bridgehead atoms. The summed E-state index contributed by atoms with van der Waals surface area (Å²) < 4.78 is 36.2. The van der Waals surface area contributed by atoms with Gasteiger partial charge in [0.1, 0.15) is 0 Å². The van der Waals surface area contributed by atoms with E-state index < -0.39 is 10.0 Å². The quantitative estimate of drug-likeness (QED) is 0.362. The van der Waals surface area contributed by atoms with Crippen LogP contribution in [0.5, 0.6) is 0 Å². The number of hydrogen-bond acceptors (Lipinski definition) is 6. The lowest BCUT2D eigenvalue weighted by Crippen LogP contribution is -2.35. The number of hydrogen-bond donors (Lipinski definition) is 1. The molecule has 1 fully saturated rings. The minimum absolute atomic E-state index is 0.130. The number of ether oxygens (including phenoxy) is 1. The molecule has 0 radical (unpaired) electrons. The number of aromatic nitrogens is 1. The largest absolute Gasteiger partial charge is 0.379 e. The van der Waals surface area contributed by atoms with E-state index in [0.717, 1.165) is 55.3 Å². The standard InChI is InChI=1S/C26H26ClN3O4S2/c27-23-4-2-1-3-21(23)18-30-24-10-9-22(15-25(24)35-26(30)31)36(32,33)28-16-19-5-7-20(8-6-19)17-29-11-13-34-14-12-29/h1-10,15,28H,11-14,16-18H2. The van der Waals surface area contributed by atoms with E-state index in [9.17, 15) is 13.2 Å². The predicted molar refractivity (Wildman–Crippen MR) is 143 cm³/mol. The van der Waals surface area contributed by atoms with Crippen molar-refractivity contribution in [3.05, 3.63) is 98.1 Å². The highest BCUT2D eigenvalue weighted by molar-refractivity contribution is 7.89. The SMILES string of the molecule is O=c1sc2cc(S(=O)(=O)NCc3ccc(CN4CCOCC4)cc3)ccc2n1Cc1ccccc1Cl. The number of halogens is 1. The fraction of sp³-hybridized carbons (Fsp3) is 0.269. The number of rotatable bonds is 8. The van der Waals surface area contributed by atoms with E-state index in [4.69, 9.17) is 16.3 Å². The van der Waals surface area contributed by atoms with E-state index in [-0.39, 0.29) is 16.3 Å². The van der Waals surface area contributed by atoms with E-state index in [0.29, 0.717) is 21.8 Å². The number of fused-ring (bicyclic) bond motifs is 1. The van der Waals surface area contributed by atoms with Crippen LogP contribution in [-0.2, 0) is 34.4 Å². The topological polar surface area (TPSA) is 80.6 Å². The van der Waals surface area contributed by atoms with Crippen molar-refractivity contribution in [1.82, 2.24) is 14.2 Å². The molecule has 0 saturated carbocycles. The molecule has 10 heteroatoms. The Hall–Kier alpha value is -2.53. The van der Waals surface area contributed by atoms with Crippen LogP contribution < -0.4 is 9.60 Å². The molecule has 1 aliphatic rings. The van der Waals surface area contributed by atoms with Gasteiger partial charge in [-0.15, -0.1) is 0 Å². The fourth-order valence-corrected chi connectivity index (χ4v) is 6.45. The van der Waals surface area contributed by atoms with Crippen LogP contribution in [0, 0.1) is 0 Å². The zero-order chi connectivity index (χ0) is 25.1. The molecule has 5 rings (SSSR count). The van der Waals surface area contributed by atoms with Gasteiger partial charge in [0.15, 0.2) is 0 Å². The molecule has 0 amide bonds. The van der Waals surface area contributed by atoms with E-state index in [1.165, 1.54) is 11.6 Å². The van der Waals surface area contributed by atoms with Gasteiger partial charge in [-0.2, -0.15) is 0 Å². The summed E-state index contributed by atoms with van der Waals surface area (Å²) >= 11 is 7.29. The number of benzene rings is 3. The molecule has 2 heterocycles. The lowest BCUT2D eigenvalue weighted by atomic mass is 10.1. The Morgan fingerprint density at radius 1 is 0.944 bits per heavy atom. The summed E-state index contributed by atoms with van der Waals surface area (Å²) in [5.74, 6) is 0. The molecule has 36 heavy (non-hydrogen) atoms. The van der Waals surface area contributed by atoms with Gasteiger partial charge in [0.05, 0.1) is 34.9 Å². The Kier molecular flexibility index (Phi) is 7.57. The first-order valence-electron chi connectivity index (χ1n) is 11.6. The average molecular weight is 544 g/mol. The maximum Gasteiger partial charge on any atom is 0.308 e. The third-order valence-corrected chi connectivity index (χ3v) is 8.95. The normalized spacial score (nSPS) is 14.9. The molecule has 1 aliphatic heterocycles. The summed E-state index contributed by atoms with van der Waals surface area (Å²) in [4.78, 5) is 15.0. The summed E-state index contributed by atoms with van der Waals surface area (Å²) in [6, 6.07) is 20.1. The Morgan fingerprint density at radius 3 is 2.42 bits per heavy atom. The van der Waals surface area contributed by atoms with Crippen LogP contribution in [0.25, 0.3) is 10.2 Å². The molecule has 7 nitrogen and oxygen atoms in total. The van der Waals surface area contributed by atoms with Crippen molar-refractivity contribution < 1.29 is 13.2 Å². The molecule has 0 unspecified atom stereocenters. The van der Waals surface area contributed by atoms with Crippen LogP contribution in [0.3, 0.4) is 0 Å². The number of nitrogens with one attached hydrogen (secondary N) is 1. The summed E-state index contributed by atoms with van der Waals surface area (Å²) in [5.41, 5.74) is 3.57. The van der Waals surface area contributed by atoms with Gasteiger partial charge in [-0.3, -0.25) is 14.3 Å². The second kappa shape index (κ2) is 10.8. The Morgan fingerprint density at radius 2 is 1.67 bits per heavy atom. The first-order chi connectivity index (χ1) is 17.4.